The number of carbonyl (C=O) groups is 3. The van der Waals surface area contributed by atoms with Crippen LogP contribution in [0.15, 0.2) is 170 Å². The maximum absolute atomic E-state index is 12.9. The number of hydrogen-bond acceptors (Lipinski definition) is 6. The van der Waals surface area contributed by atoms with Gasteiger partial charge in [0.25, 0.3) is 0 Å². The van der Waals surface area contributed by atoms with E-state index >= 15 is 0 Å². The fraction of sp³-hybridized carbons (Fsp3) is 0.563. The van der Waals surface area contributed by atoms with E-state index in [2.05, 4.69) is 179 Å². The molecule has 1 atom stereocenters. The molecule has 0 heterocycles. The fourth-order valence-electron chi connectivity index (χ4n) is 7.68. The molecule has 0 fully saturated rings. The van der Waals surface area contributed by atoms with Crippen molar-refractivity contribution in [3.63, 3.8) is 0 Å². The molecule has 0 aromatic rings. The molecular weight excluding hydrogens is 949 g/mol. The molecule has 0 amide bonds. The van der Waals surface area contributed by atoms with Crippen molar-refractivity contribution in [2.45, 2.75) is 245 Å². The first kappa shape index (κ1) is 71.8. The van der Waals surface area contributed by atoms with Crippen LogP contribution in [0.3, 0.4) is 0 Å². The van der Waals surface area contributed by atoms with E-state index in [1.54, 1.807) is 0 Å². The van der Waals surface area contributed by atoms with Crippen molar-refractivity contribution in [3.05, 3.63) is 170 Å². The Morgan fingerprint density at radius 2 is 0.532 bits per heavy atom. The van der Waals surface area contributed by atoms with E-state index < -0.39 is 6.10 Å². The number of carbonyl (C=O) groups excluding carboxylic acids is 3. The average Bonchev–Trinajstić information content (AvgIpc) is 3.43. The van der Waals surface area contributed by atoms with E-state index in [0.29, 0.717) is 12.8 Å². The molecule has 0 saturated heterocycles. The van der Waals surface area contributed by atoms with Crippen molar-refractivity contribution in [2.24, 2.45) is 0 Å². The highest BCUT2D eigenvalue weighted by Gasteiger charge is 2.19. The minimum Gasteiger partial charge on any atom is -0.462 e. The second-order valence-electron chi connectivity index (χ2n) is 19.5. The van der Waals surface area contributed by atoms with Crippen LogP contribution in [0.5, 0.6) is 0 Å². The van der Waals surface area contributed by atoms with Crippen LogP contribution >= 0.6 is 0 Å². The van der Waals surface area contributed by atoms with E-state index in [4.69, 9.17) is 14.2 Å². The van der Waals surface area contributed by atoms with Gasteiger partial charge in [-0.2, -0.15) is 0 Å². The van der Waals surface area contributed by atoms with Gasteiger partial charge in [-0.1, -0.05) is 249 Å². The Balaban J connectivity index is 4.44. The van der Waals surface area contributed by atoms with Gasteiger partial charge in [0.1, 0.15) is 13.2 Å². The van der Waals surface area contributed by atoms with E-state index in [0.717, 1.165) is 141 Å². The van der Waals surface area contributed by atoms with Gasteiger partial charge >= 0.3 is 17.9 Å². The number of esters is 3. The first-order valence-corrected chi connectivity index (χ1v) is 30.6. The molecular formula is C71H110O6. The number of hydrogen-bond donors (Lipinski definition) is 0. The number of ether oxygens (including phenoxy) is 3. The van der Waals surface area contributed by atoms with Gasteiger partial charge in [0.05, 0.1) is 0 Å². The summed E-state index contributed by atoms with van der Waals surface area (Å²) in [5.41, 5.74) is 0. The molecule has 0 aliphatic carbocycles. The Bertz CT molecular complexity index is 1790. The highest BCUT2D eigenvalue weighted by atomic mass is 16.6. The lowest BCUT2D eigenvalue weighted by molar-refractivity contribution is -0.166. The van der Waals surface area contributed by atoms with E-state index in [-0.39, 0.29) is 44.0 Å². The zero-order chi connectivity index (χ0) is 55.7. The summed E-state index contributed by atoms with van der Waals surface area (Å²) in [7, 11) is 0. The second kappa shape index (κ2) is 63.3. The third kappa shape index (κ3) is 61.5. The highest BCUT2D eigenvalue weighted by Crippen LogP contribution is 2.13. The third-order valence-electron chi connectivity index (χ3n) is 12.2. The molecule has 6 heteroatoms. The summed E-state index contributed by atoms with van der Waals surface area (Å²) in [5.74, 6) is -1.06. The Hall–Kier alpha value is -5.23. The first-order valence-electron chi connectivity index (χ1n) is 30.6. The quantitative estimate of drug-likeness (QED) is 0.0261. The third-order valence-corrected chi connectivity index (χ3v) is 12.2. The molecule has 0 aliphatic rings. The largest absolute Gasteiger partial charge is 0.462 e. The number of allylic oxidation sites excluding steroid dienone is 28. The lowest BCUT2D eigenvalue weighted by atomic mass is 10.1. The molecule has 0 aromatic carbocycles. The van der Waals surface area contributed by atoms with Crippen LogP contribution in [0.25, 0.3) is 0 Å². The van der Waals surface area contributed by atoms with E-state index in [9.17, 15) is 14.4 Å². The van der Waals surface area contributed by atoms with Crippen molar-refractivity contribution in [1.82, 2.24) is 0 Å². The Labute approximate surface area is 472 Å². The lowest BCUT2D eigenvalue weighted by Gasteiger charge is -2.18. The zero-order valence-corrected chi connectivity index (χ0v) is 49.1. The summed E-state index contributed by atoms with van der Waals surface area (Å²) in [6.45, 7) is 6.29. The number of unbranched alkanes of at least 4 members (excludes halogenated alkanes) is 14. The lowest BCUT2D eigenvalue weighted by Crippen LogP contribution is -2.30. The Morgan fingerprint density at radius 3 is 0.896 bits per heavy atom. The summed E-state index contributed by atoms with van der Waals surface area (Å²) in [5, 5.41) is 0. The predicted molar refractivity (Wildman–Crippen MR) is 334 cm³/mol. The van der Waals surface area contributed by atoms with Crippen molar-refractivity contribution < 1.29 is 28.6 Å². The molecule has 0 aliphatic heterocycles. The Kier molecular flexibility index (Phi) is 59.0. The van der Waals surface area contributed by atoms with Gasteiger partial charge in [0, 0.05) is 19.3 Å². The molecule has 0 saturated carbocycles. The van der Waals surface area contributed by atoms with Crippen LogP contribution in [0, 0.1) is 0 Å². The van der Waals surface area contributed by atoms with Crippen LogP contribution in [-0.4, -0.2) is 37.2 Å². The van der Waals surface area contributed by atoms with Crippen molar-refractivity contribution in [2.75, 3.05) is 13.2 Å². The second-order valence-corrected chi connectivity index (χ2v) is 19.5. The van der Waals surface area contributed by atoms with Crippen LogP contribution < -0.4 is 0 Å². The van der Waals surface area contributed by atoms with E-state index in [1.807, 2.05) is 12.2 Å². The van der Waals surface area contributed by atoms with Crippen LogP contribution in [-0.2, 0) is 28.6 Å². The van der Waals surface area contributed by atoms with Crippen molar-refractivity contribution >= 4 is 17.9 Å². The van der Waals surface area contributed by atoms with Crippen LogP contribution in [0.2, 0.25) is 0 Å². The minimum absolute atomic E-state index is 0.128. The first-order chi connectivity index (χ1) is 38.0. The molecule has 430 valence electrons. The fourth-order valence-corrected chi connectivity index (χ4v) is 7.68. The molecule has 1 unspecified atom stereocenters. The van der Waals surface area contributed by atoms with E-state index in [1.165, 1.54) is 51.4 Å². The molecule has 0 spiro atoms. The topological polar surface area (TPSA) is 78.9 Å². The molecule has 77 heavy (non-hydrogen) atoms. The Morgan fingerprint density at radius 1 is 0.273 bits per heavy atom. The summed E-state index contributed by atoms with van der Waals surface area (Å²) in [6, 6.07) is 0. The predicted octanol–water partition coefficient (Wildman–Crippen LogP) is 21.1. The van der Waals surface area contributed by atoms with Crippen molar-refractivity contribution in [3.8, 4) is 0 Å². The van der Waals surface area contributed by atoms with Gasteiger partial charge in [-0.15, -0.1) is 0 Å². The highest BCUT2D eigenvalue weighted by molar-refractivity contribution is 5.71. The SMILES string of the molecule is CC/C=C\C/C=C\C/C=C\C/C=C\C/C=C\C/C=C\C/C=C\C/C=C\C/C=C\CCCCCC(=O)OCC(COC(=O)CC/C=C\C/C=C\C/C=C\C/C=C\CC)OC(=O)CCCCCCC/C=C\CCCCCCCC. The molecule has 0 aromatic heterocycles. The van der Waals surface area contributed by atoms with Crippen molar-refractivity contribution in [1.29, 1.82) is 0 Å². The molecule has 6 nitrogen and oxygen atoms in total. The van der Waals surface area contributed by atoms with Gasteiger partial charge in [-0.05, 0) is 141 Å². The summed E-state index contributed by atoms with van der Waals surface area (Å²) in [6.07, 6.45) is 93.7. The van der Waals surface area contributed by atoms with Gasteiger partial charge in [-0.25, -0.2) is 0 Å². The number of rotatable bonds is 53. The summed E-state index contributed by atoms with van der Waals surface area (Å²) >= 11 is 0. The minimum atomic E-state index is -0.834. The molecule has 0 radical (unpaired) electrons. The maximum atomic E-state index is 12.9. The van der Waals surface area contributed by atoms with Gasteiger partial charge in [-0.3, -0.25) is 14.4 Å². The van der Waals surface area contributed by atoms with Crippen LogP contribution in [0.1, 0.15) is 239 Å². The monoisotopic (exact) mass is 1060 g/mol. The maximum Gasteiger partial charge on any atom is 0.306 e. The van der Waals surface area contributed by atoms with Gasteiger partial charge in [0.15, 0.2) is 6.10 Å². The summed E-state index contributed by atoms with van der Waals surface area (Å²) in [4.78, 5) is 38.1. The molecule has 0 bridgehead atoms. The summed E-state index contributed by atoms with van der Waals surface area (Å²) < 4.78 is 16.8. The zero-order valence-electron chi connectivity index (χ0n) is 49.1. The normalized spacial score (nSPS) is 13.3. The van der Waals surface area contributed by atoms with Gasteiger partial charge in [0.2, 0.25) is 0 Å². The smallest absolute Gasteiger partial charge is 0.306 e. The molecule has 0 rings (SSSR count). The average molecular weight is 1060 g/mol. The van der Waals surface area contributed by atoms with Crippen LogP contribution in [0.4, 0.5) is 0 Å². The standard InChI is InChI=1S/C71H110O6/c1-4-7-10-13-16-19-22-25-27-28-29-30-31-32-33-34-35-36-37-38-39-40-41-42-44-46-49-52-55-58-61-64-70(73)76-67-68(66-75-69(72)63-60-57-54-51-48-45-24-21-18-15-12-9-6-3)77-71(74)65-62-59-56-53-50-47-43-26-23-20-17-14-11-8-5-2/h7,9-10,12,16,18-19,21,25-27,29-30,32-33,35-36,38-39,41-43,45-46,48-49,54,57,68H,4-6,8,11,13-15,17,20,22-24,28,31,34,37,40,44,47,50-53,55-56,58-67H2,1-3H3/b10-7-,12-9-,19-16-,21-18-,27-25-,30-29-,33-32-,36-35-,39-38-,42-41-,43-26-,48-45-,49-46-,57-54-. The molecule has 0 N–H and O–H groups in total. The van der Waals surface area contributed by atoms with Gasteiger partial charge < -0.3 is 14.2 Å².